The molecule has 0 aliphatic carbocycles. The van der Waals surface area contributed by atoms with Crippen molar-refractivity contribution >= 4 is 35.1 Å². The summed E-state index contributed by atoms with van der Waals surface area (Å²) in [5.41, 5.74) is -0.285. The molecule has 0 saturated carbocycles. The van der Waals surface area contributed by atoms with Gasteiger partial charge >= 0.3 is 6.98 Å². The van der Waals surface area contributed by atoms with Crippen LogP contribution in [0.4, 0.5) is 12.9 Å². The lowest BCUT2D eigenvalue weighted by Crippen LogP contribution is -2.34. The Morgan fingerprint density at radius 3 is 2.07 bits per heavy atom. The van der Waals surface area contributed by atoms with Crippen molar-refractivity contribution in [2.75, 3.05) is 0 Å². The van der Waals surface area contributed by atoms with Crippen molar-refractivity contribution in [3.8, 4) is 0 Å². The first-order valence-electron chi connectivity index (χ1n) is 4.08. The Morgan fingerprint density at radius 1 is 1.00 bits per heavy atom. The summed E-state index contributed by atoms with van der Waals surface area (Å²) in [5, 5.41) is -0.337. The van der Waals surface area contributed by atoms with E-state index < -0.39 is 12.4 Å². The van der Waals surface area contributed by atoms with Crippen LogP contribution in [0.25, 0.3) is 11.0 Å². The fourth-order valence-corrected chi connectivity index (χ4v) is 1.53. The molecule has 0 aliphatic heterocycles. The van der Waals surface area contributed by atoms with Gasteiger partial charge < -0.3 is 12.9 Å². The van der Waals surface area contributed by atoms with Crippen molar-refractivity contribution in [3.63, 3.8) is 0 Å². The molecule has 0 fully saturated rings. The van der Waals surface area contributed by atoms with Crippen LogP contribution in [0.1, 0.15) is 0 Å². The zero-order valence-electron chi connectivity index (χ0n) is 7.29. The van der Waals surface area contributed by atoms with Crippen LogP contribution in [0.3, 0.4) is 0 Å². The van der Waals surface area contributed by atoms with E-state index in [-0.39, 0.29) is 10.5 Å². The average molecular weight is 231 g/mol. The smallest absolute Gasteiger partial charge is 0.445 e. The minimum Gasteiger partial charge on any atom is -0.445 e. The first kappa shape index (κ1) is 10.2. The topological polar surface area (TPSA) is 25.8 Å². The van der Waals surface area contributed by atoms with Crippen molar-refractivity contribution in [1.82, 2.24) is 9.97 Å². The first-order chi connectivity index (χ1) is 6.98. The zero-order valence-corrected chi connectivity index (χ0v) is 8.05. The number of fused-ring (bicyclic) bond motifs is 1. The van der Waals surface area contributed by atoms with Crippen LogP contribution < -0.4 is 5.46 Å². The van der Waals surface area contributed by atoms with Gasteiger partial charge in [-0.25, -0.2) is 0 Å². The Bertz CT molecular complexity index is 515. The average Bonchev–Trinajstić information content (AvgIpc) is 2.15. The standard InChI is InChI=1S/C8H4BClF3N2/c10-6-4-8-7(14-1-2-15-8)3-5(6)9(11,12)13/h1-4H/q-1. The molecule has 0 amide bonds. The van der Waals surface area contributed by atoms with Crippen LogP contribution in [-0.2, 0) is 0 Å². The highest BCUT2D eigenvalue weighted by atomic mass is 35.5. The molecular formula is C8H4BClF3N2-. The molecule has 7 heteroatoms. The first-order valence-corrected chi connectivity index (χ1v) is 4.46. The van der Waals surface area contributed by atoms with Gasteiger partial charge in [0, 0.05) is 17.4 Å². The number of rotatable bonds is 1. The Balaban J connectivity index is 2.73. The Kier molecular flexibility index (Phi) is 2.30. The Hall–Kier alpha value is -1.30. The zero-order chi connectivity index (χ0) is 11.1. The molecule has 78 valence electrons. The van der Waals surface area contributed by atoms with E-state index in [4.69, 9.17) is 11.6 Å². The van der Waals surface area contributed by atoms with E-state index in [9.17, 15) is 12.9 Å². The van der Waals surface area contributed by atoms with Gasteiger partial charge in [0.2, 0.25) is 0 Å². The normalized spacial score (nSPS) is 12.0. The van der Waals surface area contributed by atoms with Gasteiger partial charge in [0.15, 0.2) is 0 Å². The highest BCUT2D eigenvalue weighted by Crippen LogP contribution is 2.20. The van der Waals surface area contributed by atoms with E-state index in [1.54, 1.807) is 0 Å². The highest BCUT2D eigenvalue weighted by molar-refractivity contribution is 6.76. The molecule has 0 aliphatic rings. The molecule has 2 aromatic rings. The van der Waals surface area contributed by atoms with Crippen molar-refractivity contribution in [3.05, 3.63) is 29.5 Å². The third kappa shape index (κ3) is 1.90. The predicted molar refractivity (Wildman–Crippen MR) is 53.3 cm³/mol. The SMILES string of the molecule is F[B-](F)(F)c1cc2nccnc2cc1Cl. The molecular weight excluding hydrogens is 227 g/mol. The molecule has 0 N–H and O–H groups in total. The quantitative estimate of drug-likeness (QED) is 0.704. The van der Waals surface area contributed by atoms with E-state index in [2.05, 4.69) is 9.97 Å². The van der Waals surface area contributed by atoms with E-state index >= 15 is 0 Å². The van der Waals surface area contributed by atoms with Crippen LogP contribution >= 0.6 is 11.6 Å². The third-order valence-electron chi connectivity index (χ3n) is 1.94. The van der Waals surface area contributed by atoms with Crippen LogP contribution in [-0.4, -0.2) is 16.9 Å². The number of halogens is 4. The molecule has 1 aromatic heterocycles. The van der Waals surface area contributed by atoms with Gasteiger partial charge in [-0.05, 0) is 6.07 Å². The molecule has 0 unspecified atom stereocenters. The maximum absolute atomic E-state index is 12.5. The summed E-state index contributed by atoms with van der Waals surface area (Å²) in [6.07, 6.45) is 2.74. The van der Waals surface area contributed by atoms with Crippen LogP contribution in [0.15, 0.2) is 24.5 Å². The summed E-state index contributed by atoms with van der Waals surface area (Å²) in [6, 6.07) is 2.10. The molecule has 2 nitrogen and oxygen atoms in total. The summed E-state index contributed by atoms with van der Waals surface area (Å²) < 4.78 is 37.5. The van der Waals surface area contributed by atoms with Gasteiger partial charge in [0.25, 0.3) is 0 Å². The molecule has 0 spiro atoms. The molecule has 0 atom stereocenters. The minimum absolute atomic E-state index is 0.191. The summed E-state index contributed by atoms with van der Waals surface area (Å²) in [6.45, 7) is -5.11. The molecule has 2 rings (SSSR count). The fraction of sp³-hybridized carbons (Fsp3) is 0. The van der Waals surface area contributed by atoms with Gasteiger partial charge in [-0.3, -0.25) is 9.97 Å². The number of hydrogen-bond acceptors (Lipinski definition) is 2. The summed E-state index contributed by atoms with van der Waals surface area (Å²) in [4.78, 5) is 7.64. The van der Waals surface area contributed by atoms with Crippen LogP contribution in [0.2, 0.25) is 5.02 Å². The predicted octanol–water partition coefficient (Wildman–Crippen LogP) is 2.34. The molecule has 15 heavy (non-hydrogen) atoms. The lowest BCUT2D eigenvalue weighted by molar-refractivity contribution is 0.501. The largest absolute Gasteiger partial charge is 0.511 e. The number of nitrogens with zero attached hydrogens (tertiary/aromatic N) is 2. The summed E-state index contributed by atoms with van der Waals surface area (Å²) in [7, 11) is 0. The molecule has 0 radical (unpaired) electrons. The second-order valence-electron chi connectivity index (χ2n) is 2.99. The monoisotopic (exact) mass is 231 g/mol. The summed E-state index contributed by atoms with van der Waals surface area (Å²) in [5.74, 6) is 0. The minimum atomic E-state index is -5.11. The van der Waals surface area contributed by atoms with E-state index in [0.29, 0.717) is 5.52 Å². The fourth-order valence-electron chi connectivity index (χ4n) is 1.25. The van der Waals surface area contributed by atoms with Crippen molar-refractivity contribution in [2.45, 2.75) is 0 Å². The lowest BCUT2D eigenvalue weighted by atomic mass is 9.80. The second-order valence-corrected chi connectivity index (χ2v) is 3.40. The maximum Gasteiger partial charge on any atom is 0.511 e. The summed E-state index contributed by atoms with van der Waals surface area (Å²) >= 11 is 5.52. The Labute approximate surface area is 88.2 Å². The second kappa shape index (κ2) is 3.38. The van der Waals surface area contributed by atoms with Gasteiger partial charge in [-0.2, -0.15) is 0 Å². The molecule has 1 heterocycles. The molecule has 1 aromatic carbocycles. The molecule has 0 saturated heterocycles. The Morgan fingerprint density at radius 2 is 1.53 bits per heavy atom. The van der Waals surface area contributed by atoms with Gasteiger partial charge in [0.05, 0.1) is 11.0 Å². The van der Waals surface area contributed by atoms with Crippen molar-refractivity contribution < 1.29 is 12.9 Å². The van der Waals surface area contributed by atoms with Gasteiger partial charge in [-0.1, -0.05) is 23.1 Å². The van der Waals surface area contributed by atoms with Crippen molar-refractivity contribution in [2.24, 2.45) is 0 Å². The van der Waals surface area contributed by atoms with E-state index in [0.717, 1.165) is 6.07 Å². The van der Waals surface area contributed by atoms with E-state index in [1.807, 2.05) is 0 Å². The lowest BCUT2D eigenvalue weighted by Gasteiger charge is -2.16. The number of aromatic nitrogens is 2. The van der Waals surface area contributed by atoms with E-state index in [1.165, 1.54) is 18.5 Å². The third-order valence-corrected chi connectivity index (χ3v) is 2.27. The van der Waals surface area contributed by atoms with Crippen LogP contribution in [0.5, 0.6) is 0 Å². The van der Waals surface area contributed by atoms with Crippen LogP contribution in [0, 0.1) is 0 Å². The van der Waals surface area contributed by atoms with Crippen molar-refractivity contribution in [1.29, 1.82) is 0 Å². The highest BCUT2D eigenvalue weighted by Gasteiger charge is 2.28. The molecule has 0 bridgehead atoms. The number of benzene rings is 1. The number of hydrogen-bond donors (Lipinski definition) is 0. The van der Waals surface area contributed by atoms with Gasteiger partial charge in [-0.15, -0.1) is 0 Å². The maximum atomic E-state index is 12.5. The van der Waals surface area contributed by atoms with Gasteiger partial charge in [0.1, 0.15) is 0 Å².